The summed E-state index contributed by atoms with van der Waals surface area (Å²) >= 11 is 0. The number of carbonyl (C=O) groups is 1. The topological polar surface area (TPSA) is 101 Å². The van der Waals surface area contributed by atoms with Crippen molar-refractivity contribution in [3.63, 3.8) is 0 Å². The van der Waals surface area contributed by atoms with Crippen molar-refractivity contribution in [2.75, 3.05) is 0 Å². The van der Waals surface area contributed by atoms with E-state index in [1.807, 2.05) is 0 Å². The monoisotopic (exact) mass is 178 g/mol. The van der Waals surface area contributed by atoms with Gasteiger partial charge in [-0.3, -0.25) is 0 Å². The fourth-order valence-electron chi connectivity index (χ4n) is 0. The molecule has 0 atom stereocenters. The summed E-state index contributed by atoms with van der Waals surface area (Å²) in [7, 11) is -2.42. The number of rotatable bonds is 1. The predicted molar refractivity (Wildman–Crippen MR) is 28.4 cm³/mol. The van der Waals surface area contributed by atoms with E-state index in [9.17, 15) is 13.6 Å². The van der Waals surface area contributed by atoms with Crippen molar-refractivity contribution in [1.82, 2.24) is 0 Å². The van der Waals surface area contributed by atoms with E-state index in [2.05, 4.69) is 0 Å². The Morgan fingerprint density at radius 3 is 1.58 bits per heavy atom. The van der Waals surface area contributed by atoms with E-state index < -0.39 is 19.2 Å². The molecule has 0 aromatic rings. The minimum Gasteiger partial charge on any atom is -0.832 e. The second-order valence-electron chi connectivity index (χ2n) is 1.52. The Balaban J connectivity index is -0.000000142. The fraction of sp³-hybridized carbons (Fsp3) is 0.667. The van der Waals surface area contributed by atoms with Crippen LogP contribution in [0.15, 0.2) is 0 Å². The maximum atomic E-state index is 11.2. The van der Waals surface area contributed by atoms with Crippen molar-refractivity contribution in [2.24, 2.45) is 0 Å². The number of halogens is 2. The number of carboxylic acid groups (broad SMARTS) is 1. The van der Waals surface area contributed by atoms with Gasteiger partial charge in [-0.1, -0.05) is 0 Å². The first-order chi connectivity index (χ1) is 4.68. The minimum absolute atomic E-state index is 0. The van der Waals surface area contributed by atoms with Gasteiger partial charge in [-0.25, -0.2) is 4.79 Å². The third-order valence-corrected chi connectivity index (χ3v) is 0.376. The summed E-state index contributed by atoms with van der Waals surface area (Å²) in [4.78, 5) is 9.27. The molecular weight excluding hydrogens is 172 g/mol. The molecule has 0 aliphatic carbocycles. The summed E-state index contributed by atoms with van der Waals surface area (Å²) in [5.74, 6) is -5.67. The molecule has 0 aliphatic rings. The third kappa shape index (κ3) is 22.5. The SMILES string of the molecule is CC(F)(F)C(=O)O.[Li+].[O-]B(O)O. The third-order valence-electron chi connectivity index (χ3n) is 0.376. The summed E-state index contributed by atoms with van der Waals surface area (Å²) in [6.45, 7) is 0.329. The van der Waals surface area contributed by atoms with Gasteiger partial charge in [-0.05, 0) is 0 Å². The van der Waals surface area contributed by atoms with Gasteiger partial charge in [0.05, 0.1) is 0 Å². The molecule has 0 amide bonds. The smallest absolute Gasteiger partial charge is 0.832 e. The first kappa shape index (κ1) is 17.8. The second-order valence-corrected chi connectivity index (χ2v) is 1.52. The average molecular weight is 178 g/mol. The van der Waals surface area contributed by atoms with Crippen molar-refractivity contribution in [1.29, 1.82) is 0 Å². The van der Waals surface area contributed by atoms with E-state index >= 15 is 0 Å². The maximum absolute atomic E-state index is 11.2. The molecule has 0 aliphatic heterocycles. The fourth-order valence-corrected chi connectivity index (χ4v) is 0. The van der Waals surface area contributed by atoms with Crippen LogP contribution in [0.25, 0.3) is 0 Å². The molecule has 0 unspecified atom stereocenters. The van der Waals surface area contributed by atoms with Gasteiger partial charge >= 0.3 is 38.1 Å². The normalized spacial score (nSPS) is 8.83. The van der Waals surface area contributed by atoms with Crippen molar-refractivity contribution >= 4 is 13.3 Å². The first-order valence-electron chi connectivity index (χ1n) is 2.31. The molecule has 0 aromatic heterocycles. The van der Waals surface area contributed by atoms with Crippen LogP contribution in [0.4, 0.5) is 8.78 Å². The van der Waals surface area contributed by atoms with Crippen molar-refractivity contribution < 1.29 is 52.6 Å². The van der Waals surface area contributed by atoms with Gasteiger partial charge < -0.3 is 20.2 Å². The van der Waals surface area contributed by atoms with Crippen LogP contribution in [-0.2, 0) is 4.79 Å². The van der Waals surface area contributed by atoms with Crippen LogP contribution in [0.1, 0.15) is 6.92 Å². The Labute approximate surface area is 79.4 Å². The number of carboxylic acids is 1. The first-order valence-corrected chi connectivity index (χ1v) is 2.31. The summed E-state index contributed by atoms with van der Waals surface area (Å²) in [5, 5.41) is 30.2. The summed E-state index contributed by atoms with van der Waals surface area (Å²) in [5.41, 5.74) is 0. The second kappa shape index (κ2) is 7.52. The number of hydrogen-bond donors (Lipinski definition) is 3. The molecule has 66 valence electrons. The van der Waals surface area contributed by atoms with Crippen LogP contribution in [-0.4, -0.2) is 34.4 Å². The zero-order chi connectivity index (χ0) is 9.65. The molecular formula is C3H6BF2LiO5. The van der Waals surface area contributed by atoms with Crippen molar-refractivity contribution in [3.8, 4) is 0 Å². The van der Waals surface area contributed by atoms with E-state index in [-0.39, 0.29) is 18.9 Å². The molecule has 12 heavy (non-hydrogen) atoms. The van der Waals surface area contributed by atoms with Crippen LogP contribution < -0.4 is 23.9 Å². The van der Waals surface area contributed by atoms with Crippen LogP contribution in [0.2, 0.25) is 0 Å². The Bertz CT molecular complexity index is 124. The Morgan fingerprint density at radius 1 is 1.50 bits per heavy atom. The molecule has 0 radical (unpaired) electrons. The molecule has 0 heterocycles. The Kier molecular flexibility index (Phi) is 11.2. The van der Waals surface area contributed by atoms with Gasteiger partial charge in [0, 0.05) is 6.92 Å². The predicted octanol–water partition coefficient (Wildman–Crippen LogP) is -4.95. The molecule has 0 rings (SSSR count). The van der Waals surface area contributed by atoms with Crippen LogP contribution in [0.3, 0.4) is 0 Å². The molecule has 0 aromatic carbocycles. The molecule has 3 N–H and O–H groups in total. The van der Waals surface area contributed by atoms with Crippen molar-refractivity contribution in [2.45, 2.75) is 12.8 Å². The van der Waals surface area contributed by atoms with E-state index in [0.29, 0.717) is 6.92 Å². The molecule has 0 fully saturated rings. The van der Waals surface area contributed by atoms with E-state index in [1.54, 1.807) is 0 Å². The molecule has 9 heteroatoms. The van der Waals surface area contributed by atoms with E-state index in [1.165, 1.54) is 0 Å². The zero-order valence-corrected chi connectivity index (χ0v) is 6.49. The van der Waals surface area contributed by atoms with Gasteiger partial charge in [0.1, 0.15) is 0 Å². The molecule has 0 saturated heterocycles. The molecule has 0 spiro atoms. The van der Waals surface area contributed by atoms with Gasteiger partial charge in [-0.15, -0.1) is 0 Å². The number of aliphatic carboxylic acids is 1. The van der Waals surface area contributed by atoms with Gasteiger partial charge in [0.15, 0.2) is 0 Å². The summed E-state index contributed by atoms with van der Waals surface area (Å²) in [6, 6.07) is 0. The molecule has 0 bridgehead atoms. The summed E-state index contributed by atoms with van der Waals surface area (Å²) in [6.07, 6.45) is 0. The van der Waals surface area contributed by atoms with Gasteiger partial charge in [0.25, 0.3) is 0 Å². The Morgan fingerprint density at radius 2 is 1.58 bits per heavy atom. The van der Waals surface area contributed by atoms with Crippen LogP contribution >= 0.6 is 0 Å². The number of hydrogen-bond acceptors (Lipinski definition) is 4. The minimum atomic E-state index is -3.58. The quantitative estimate of drug-likeness (QED) is 0.349. The Hall–Kier alpha value is -0.128. The van der Waals surface area contributed by atoms with E-state index in [4.69, 9.17) is 20.2 Å². The number of alkyl halides is 2. The average Bonchev–Trinajstić information content (AvgIpc) is 1.59. The maximum Gasteiger partial charge on any atom is 1.00 e. The van der Waals surface area contributed by atoms with Crippen LogP contribution in [0.5, 0.6) is 0 Å². The van der Waals surface area contributed by atoms with Crippen LogP contribution in [0, 0.1) is 0 Å². The standard InChI is InChI=1S/C3H4F2O2.BH2O3.Li/c1-3(4,5)2(6)7;2-1(3)4;/h1H3,(H,6,7);2-3H;/q;-1;+1. The van der Waals surface area contributed by atoms with E-state index in [0.717, 1.165) is 0 Å². The van der Waals surface area contributed by atoms with Crippen molar-refractivity contribution in [3.05, 3.63) is 0 Å². The molecule has 0 saturated carbocycles. The summed E-state index contributed by atoms with van der Waals surface area (Å²) < 4.78 is 22.5. The largest absolute Gasteiger partial charge is 1.00 e. The molecule has 5 nitrogen and oxygen atoms in total. The zero-order valence-electron chi connectivity index (χ0n) is 6.49. The van der Waals surface area contributed by atoms with Gasteiger partial charge in [-0.2, -0.15) is 8.78 Å². The van der Waals surface area contributed by atoms with Gasteiger partial charge in [0.2, 0.25) is 0 Å².